The topological polar surface area (TPSA) is 45.2 Å². The molecule has 2 heterocycles. The van der Waals surface area contributed by atoms with Crippen LogP contribution in [0.25, 0.3) is 10.9 Å². The average molecular weight is 394 g/mol. The highest BCUT2D eigenvalue weighted by Crippen LogP contribution is 2.19. The van der Waals surface area contributed by atoms with E-state index in [0.29, 0.717) is 10.7 Å². The fourth-order valence-corrected chi connectivity index (χ4v) is 3.97. The highest BCUT2D eigenvalue weighted by molar-refractivity contribution is 6.29. The van der Waals surface area contributed by atoms with Gasteiger partial charge in [-0.15, -0.1) is 0 Å². The van der Waals surface area contributed by atoms with E-state index >= 15 is 0 Å². The van der Waals surface area contributed by atoms with Crippen LogP contribution in [-0.4, -0.2) is 34.9 Å². The number of nitrogens with one attached hydrogen (secondary N) is 1. The van der Waals surface area contributed by atoms with Gasteiger partial charge in [0.25, 0.3) is 5.91 Å². The van der Waals surface area contributed by atoms with Gasteiger partial charge >= 0.3 is 0 Å². The zero-order valence-corrected chi connectivity index (χ0v) is 16.7. The maximum Gasteiger partial charge on any atom is 0.251 e. The van der Waals surface area contributed by atoms with E-state index in [-0.39, 0.29) is 11.9 Å². The fraction of sp³-hybridized carbons (Fsp3) is 0.304. The molecule has 1 aliphatic heterocycles. The van der Waals surface area contributed by atoms with Gasteiger partial charge in [0, 0.05) is 36.6 Å². The van der Waals surface area contributed by atoms with Crippen LogP contribution in [0.5, 0.6) is 0 Å². The van der Waals surface area contributed by atoms with Crippen LogP contribution < -0.4 is 5.32 Å². The second-order valence-electron chi connectivity index (χ2n) is 7.55. The lowest BCUT2D eigenvalue weighted by Gasteiger charge is -2.32. The number of piperidine rings is 1. The molecule has 1 amide bonds. The Bertz CT molecular complexity index is 996. The predicted molar refractivity (Wildman–Crippen MR) is 114 cm³/mol. The number of benzene rings is 2. The lowest BCUT2D eigenvalue weighted by atomic mass is 10.0. The van der Waals surface area contributed by atoms with Gasteiger partial charge in [-0.2, -0.15) is 0 Å². The summed E-state index contributed by atoms with van der Waals surface area (Å²) < 4.78 is 0. The molecule has 3 aromatic rings. The lowest BCUT2D eigenvalue weighted by molar-refractivity contribution is 0.0909. The lowest BCUT2D eigenvalue weighted by Crippen LogP contribution is -2.44. The predicted octanol–water partition coefficient (Wildman–Crippen LogP) is 4.59. The Hall–Kier alpha value is -2.43. The Morgan fingerprint density at radius 1 is 1.14 bits per heavy atom. The molecule has 1 aromatic heterocycles. The molecule has 0 unspecified atom stereocenters. The minimum Gasteiger partial charge on any atom is -0.349 e. The molecule has 1 N–H and O–H groups in total. The van der Waals surface area contributed by atoms with Gasteiger partial charge in [-0.3, -0.25) is 9.69 Å². The zero-order chi connectivity index (χ0) is 19.5. The number of pyridine rings is 1. The van der Waals surface area contributed by atoms with E-state index in [1.54, 1.807) is 6.07 Å². The third kappa shape index (κ3) is 4.51. The molecule has 1 saturated heterocycles. The van der Waals surface area contributed by atoms with Gasteiger partial charge in [-0.1, -0.05) is 41.4 Å². The molecule has 4 rings (SSSR count). The maximum absolute atomic E-state index is 12.7. The second kappa shape index (κ2) is 8.29. The van der Waals surface area contributed by atoms with E-state index in [2.05, 4.69) is 46.4 Å². The first-order valence-electron chi connectivity index (χ1n) is 9.72. The number of hydrogen-bond acceptors (Lipinski definition) is 3. The van der Waals surface area contributed by atoms with E-state index in [4.69, 9.17) is 11.6 Å². The molecule has 1 aliphatic rings. The first-order chi connectivity index (χ1) is 13.6. The van der Waals surface area contributed by atoms with Gasteiger partial charge in [0.1, 0.15) is 5.15 Å². The summed E-state index contributed by atoms with van der Waals surface area (Å²) >= 11 is 5.93. The van der Waals surface area contributed by atoms with Crippen molar-refractivity contribution in [2.45, 2.75) is 32.4 Å². The van der Waals surface area contributed by atoms with Crippen molar-refractivity contribution in [3.8, 4) is 0 Å². The van der Waals surface area contributed by atoms with Gasteiger partial charge in [0.15, 0.2) is 0 Å². The summed E-state index contributed by atoms with van der Waals surface area (Å²) in [5, 5.41) is 4.57. The van der Waals surface area contributed by atoms with Gasteiger partial charge in [0.05, 0.1) is 5.52 Å². The van der Waals surface area contributed by atoms with E-state index in [9.17, 15) is 4.79 Å². The van der Waals surface area contributed by atoms with Crippen molar-refractivity contribution in [1.82, 2.24) is 15.2 Å². The number of likely N-dealkylation sites (tertiary alicyclic amines) is 1. The van der Waals surface area contributed by atoms with E-state index in [0.717, 1.165) is 43.4 Å². The van der Waals surface area contributed by atoms with Crippen LogP contribution in [-0.2, 0) is 6.54 Å². The zero-order valence-electron chi connectivity index (χ0n) is 16.0. The number of carbonyl (C=O) groups excluding carboxylic acids is 1. The molecule has 4 nitrogen and oxygen atoms in total. The van der Waals surface area contributed by atoms with E-state index in [1.165, 1.54) is 11.1 Å². The summed E-state index contributed by atoms with van der Waals surface area (Å²) in [5.74, 6) is -0.0195. The smallest absolute Gasteiger partial charge is 0.251 e. The summed E-state index contributed by atoms with van der Waals surface area (Å²) in [6.07, 6.45) is 1.95. The summed E-state index contributed by atoms with van der Waals surface area (Å²) in [6.45, 7) is 5.10. The van der Waals surface area contributed by atoms with Gasteiger partial charge in [-0.05, 0) is 55.7 Å². The Morgan fingerprint density at radius 2 is 1.96 bits per heavy atom. The van der Waals surface area contributed by atoms with Crippen molar-refractivity contribution in [3.05, 3.63) is 76.4 Å². The Balaban J connectivity index is 1.33. The molecule has 0 spiro atoms. The molecule has 1 fully saturated rings. The molecule has 0 atom stereocenters. The summed E-state index contributed by atoms with van der Waals surface area (Å²) in [7, 11) is 0. The molecule has 28 heavy (non-hydrogen) atoms. The molecule has 2 aromatic carbocycles. The first-order valence-corrected chi connectivity index (χ1v) is 10.1. The number of halogens is 1. The standard InChI is InChI=1S/C23H24ClN3O/c1-16-3-2-4-17(13-16)15-27-11-9-20(10-12-27)25-23(28)19-5-7-21-18(14-19)6-8-22(24)26-21/h2-8,13-14,20H,9-12,15H2,1H3,(H,25,28). The number of aromatic nitrogens is 1. The van der Waals surface area contributed by atoms with Crippen molar-refractivity contribution in [2.24, 2.45) is 0 Å². The van der Waals surface area contributed by atoms with Crippen molar-refractivity contribution in [3.63, 3.8) is 0 Å². The van der Waals surface area contributed by atoms with Crippen LogP contribution in [0.1, 0.15) is 34.3 Å². The van der Waals surface area contributed by atoms with Crippen LogP contribution in [0.15, 0.2) is 54.6 Å². The number of fused-ring (bicyclic) bond motifs is 1. The SMILES string of the molecule is Cc1cccc(CN2CCC(NC(=O)c3ccc4nc(Cl)ccc4c3)CC2)c1. The maximum atomic E-state index is 12.7. The van der Waals surface area contributed by atoms with Crippen molar-refractivity contribution in [1.29, 1.82) is 0 Å². The van der Waals surface area contributed by atoms with Crippen LogP contribution in [0.2, 0.25) is 5.15 Å². The molecular weight excluding hydrogens is 370 g/mol. The van der Waals surface area contributed by atoms with Crippen molar-refractivity contribution < 1.29 is 4.79 Å². The molecule has 0 aliphatic carbocycles. The Morgan fingerprint density at radius 3 is 2.75 bits per heavy atom. The normalized spacial score (nSPS) is 15.6. The van der Waals surface area contributed by atoms with Crippen molar-refractivity contribution >= 4 is 28.4 Å². The van der Waals surface area contributed by atoms with Gasteiger partial charge in [-0.25, -0.2) is 4.98 Å². The van der Waals surface area contributed by atoms with Gasteiger partial charge < -0.3 is 5.32 Å². The molecule has 0 bridgehead atoms. The summed E-state index contributed by atoms with van der Waals surface area (Å²) in [6, 6.07) is 18.1. The quantitative estimate of drug-likeness (QED) is 0.659. The van der Waals surface area contributed by atoms with E-state index < -0.39 is 0 Å². The number of nitrogens with zero attached hydrogens (tertiary/aromatic N) is 2. The molecule has 144 valence electrons. The fourth-order valence-electron chi connectivity index (χ4n) is 3.81. The summed E-state index contributed by atoms with van der Waals surface area (Å²) in [5.41, 5.74) is 4.12. The van der Waals surface area contributed by atoms with Gasteiger partial charge in [0.2, 0.25) is 0 Å². The van der Waals surface area contributed by atoms with Crippen LogP contribution in [0.3, 0.4) is 0 Å². The molecule has 5 heteroatoms. The average Bonchev–Trinajstić information content (AvgIpc) is 2.69. The van der Waals surface area contributed by atoms with Crippen molar-refractivity contribution in [2.75, 3.05) is 13.1 Å². The second-order valence-corrected chi connectivity index (χ2v) is 7.94. The monoisotopic (exact) mass is 393 g/mol. The van der Waals surface area contributed by atoms with Crippen LogP contribution in [0, 0.1) is 6.92 Å². The third-order valence-corrected chi connectivity index (χ3v) is 5.54. The molecular formula is C23H24ClN3O. The van der Waals surface area contributed by atoms with Crippen LogP contribution >= 0.6 is 11.6 Å². The number of rotatable bonds is 4. The van der Waals surface area contributed by atoms with Crippen LogP contribution in [0.4, 0.5) is 0 Å². The number of aryl methyl sites for hydroxylation is 1. The third-order valence-electron chi connectivity index (χ3n) is 5.33. The number of amides is 1. The van der Waals surface area contributed by atoms with E-state index in [1.807, 2.05) is 24.3 Å². The molecule has 0 saturated carbocycles. The molecule has 0 radical (unpaired) electrons. The Labute approximate surface area is 170 Å². The number of carbonyl (C=O) groups is 1. The minimum absolute atomic E-state index is 0.0195. The largest absolute Gasteiger partial charge is 0.349 e. The minimum atomic E-state index is -0.0195. The Kier molecular flexibility index (Phi) is 5.60. The first kappa shape index (κ1) is 18.9. The summed E-state index contributed by atoms with van der Waals surface area (Å²) in [4.78, 5) is 19.4. The highest BCUT2D eigenvalue weighted by atomic mass is 35.5. The number of hydrogen-bond donors (Lipinski definition) is 1. The highest BCUT2D eigenvalue weighted by Gasteiger charge is 2.21.